The molecule has 4 unspecified atom stereocenters. The van der Waals surface area contributed by atoms with Crippen LogP contribution in [-0.2, 0) is 23.1 Å². The van der Waals surface area contributed by atoms with E-state index in [-0.39, 0.29) is 41.0 Å². The van der Waals surface area contributed by atoms with Crippen molar-refractivity contribution in [2.24, 2.45) is 0 Å². The van der Waals surface area contributed by atoms with Gasteiger partial charge in [-0.25, -0.2) is 0 Å². The quantitative estimate of drug-likeness (QED) is 0.218. The lowest BCUT2D eigenvalue weighted by Crippen LogP contribution is -2.52. The van der Waals surface area contributed by atoms with Crippen LogP contribution in [0.5, 0.6) is 0 Å². The highest BCUT2D eigenvalue weighted by molar-refractivity contribution is 6.74. The molecule has 0 bridgehead atoms. The Morgan fingerprint density at radius 1 is 1.07 bits per heavy atom. The van der Waals surface area contributed by atoms with Crippen LogP contribution < -0.4 is 0 Å². The molecule has 0 radical (unpaired) electrons. The molecule has 1 aliphatic carbocycles. The van der Waals surface area contributed by atoms with Gasteiger partial charge in [-0.3, -0.25) is 4.79 Å². The largest absolute Gasteiger partial charge is 0.463 e. The summed E-state index contributed by atoms with van der Waals surface area (Å²) in [6.45, 7) is 28.8. The van der Waals surface area contributed by atoms with E-state index in [0.29, 0.717) is 0 Å². The van der Waals surface area contributed by atoms with Gasteiger partial charge < -0.3 is 18.3 Å². The summed E-state index contributed by atoms with van der Waals surface area (Å²) in [6, 6.07) is 0. The first-order valence-corrected chi connectivity index (χ1v) is 17.0. The molecule has 1 spiro atoms. The van der Waals surface area contributed by atoms with E-state index in [0.717, 1.165) is 18.4 Å². The van der Waals surface area contributed by atoms with Crippen molar-refractivity contribution in [1.29, 1.82) is 0 Å². The van der Waals surface area contributed by atoms with Gasteiger partial charge in [0, 0.05) is 19.8 Å². The number of carbonyl (C=O) groups is 1. The van der Waals surface area contributed by atoms with Crippen molar-refractivity contribution < 1.29 is 23.1 Å². The van der Waals surface area contributed by atoms with Crippen LogP contribution in [0, 0.1) is 0 Å². The third kappa shape index (κ3) is 5.29. The van der Waals surface area contributed by atoms with E-state index in [1.807, 2.05) is 0 Å². The number of ether oxygens (including phenoxy) is 2. The average Bonchev–Trinajstić information content (AvgIpc) is 3.21. The molecule has 1 saturated carbocycles. The summed E-state index contributed by atoms with van der Waals surface area (Å²) in [5.41, 5.74) is 0.480. The summed E-state index contributed by atoms with van der Waals surface area (Å²) < 4.78 is 25.1. The molecular weight excluding hydrogens is 412 g/mol. The Hall–Kier alpha value is -0.476. The Kier molecular flexibility index (Phi) is 7.00. The minimum atomic E-state index is -2.00. The lowest BCUT2D eigenvalue weighted by Gasteiger charge is -2.46. The predicted octanol–water partition coefficient (Wildman–Crippen LogP) is 5.82. The van der Waals surface area contributed by atoms with Crippen molar-refractivity contribution in [2.45, 2.75) is 121 Å². The molecule has 0 aromatic heterocycles. The Labute approximate surface area is 186 Å². The molecular formula is C23H44O5Si2. The Bertz CT molecular complexity index is 674. The van der Waals surface area contributed by atoms with Gasteiger partial charge >= 0.3 is 5.97 Å². The first kappa shape index (κ1) is 25.8. The van der Waals surface area contributed by atoms with E-state index in [4.69, 9.17) is 18.3 Å². The smallest absolute Gasteiger partial charge is 0.302 e. The number of hydrogen-bond donors (Lipinski definition) is 0. The molecule has 5 nitrogen and oxygen atoms in total. The van der Waals surface area contributed by atoms with Crippen molar-refractivity contribution in [3.8, 4) is 0 Å². The second-order valence-corrected chi connectivity index (χ2v) is 21.6. The molecule has 4 atom stereocenters. The lowest BCUT2D eigenvalue weighted by molar-refractivity contribution is -0.141. The SMILES string of the molecule is C=C1C(O[Si](C)(C)C(C)(C)C)CC(O[Si](C)(C)C(C)(C)C)CC12OC2COC(C)=O. The summed E-state index contributed by atoms with van der Waals surface area (Å²) in [7, 11) is -3.95. The van der Waals surface area contributed by atoms with Gasteiger partial charge in [0.15, 0.2) is 16.6 Å². The van der Waals surface area contributed by atoms with Crippen LogP contribution >= 0.6 is 0 Å². The van der Waals surface area contributed by atoms with Gasteiger partial charge in [-0.15, -0.1) is 0 Å². The van der Waals surface area contributed by atoms with Gasteiger partial charge in [-0.1, -0.05) is 48.1 Å². The molecule has 0 aromatic rings. The van der Waals surface area contributed by atoms with Gasteiger partial charge in [0.1, 0.15) is 18.3 Å². The predicted molar refractivity (Wildman–Crippen MR) is 127 cm³/mol. The van der Waals surface area contributed by atoms with Crippen LogP contribution in [0.3, 0.4) is 0 Å². The van der Waals surface area contributed by atoms with E-state index < -0.39 is 22.2 Å². The molecule has 0 aromatic carbocycles. The van der Waals surface area contributed by atoms with Gasteiger partial charge in [0.25, 0.3) is 0 Å². The molecule has 2 rings (SSSR count). The molecule has 2 aliphatic rings. The standard InChI is InChI=1S/C23H44O5Si2/c1-16-19(28-30(11,12)22(6,7)8)13-18(27-29(9,10)21(3,4)5)14-23(16)20(26-23)15-25-17(2)24/h18-20H,1,13-15H2,2-12H3. The molecule has 0 amide bonds. The van der Waals surface area contributed by atoms with Crippen LogP contribution in [0.15, 0.2) is 12.2 Å². The normalized spacial score (nSPS) is 30.5. The fraction of sp³-hybridized carbons (Fsp3) is 0.870. The van der Waals surface area contributed by atoms with Crippen LogP contribution in [0.2, 0.25) is 36.3 Å². The van der Waals surface area contributed by atoms with Crippen molar-refractivity contribution in [3.63, 3.8) is 0 Å². The van der Waals surface area contributed by atoms with Gasteiger partial charge in [0.2, 0.25) is 0 Å². The Balaban J connectivity index is 2.27. The summed E-state index contributed by atoms with van der Waals surface area (Å²) in [5.74, 6) is -0.287. The number of esters is 1. The maximum absolute atomic E-state index is 11.3. The first-order chi connectivity index (χ1) is 13.3. The third-order valence-corrected chi connectivity index (χ3v) is 16.7. The topological polar surface area (TPSA) is 57.3 Å². The molecule has 1 heterocycles. The zero-order chi connectivity index (χ0) is 23.3. The van der Waals surface area contributed by atoms with Crippen LogP contribution in [0.4, 0.5) is 0 Å². The maximum Gasteiger partial charge on any atom is 0.302 e. The number of hydrogen-bond acceptors (Lipinski definition) is 5. The second-order valence-electron chi connectivity index (χ2n) is 12.1. The van der Waals surface area contributed by atoms with E-state index in [1.54, 1.807) is 0 Å². The van der Waals surface area contributed by atoms with Crippen molar-refractivity contribution >= 4 is 22.6 Å². The maximum atomic E-state index is 11.3. The first-order valence-electron chi connectivity index (χ1n) is 11.2. The van der Waals surface area contributed by atoms with Gasteiger partial charge in [0.05, 0.1) is 12.2 Å². The minimum Gasteiger partial charge on any atom is -0.463 e. The van der Waals surface area contributed by atoms with Gasteiger partial charge in [-0.2, -0.15) is 0 Å². The minimum absolute atomic E-state index is 0.0495. The average molecular weight is 457 g/mol. The fourth-order valence-electron chi connectivity index (χ4n) is 3.58. The summed E-state index contributed by atoms with van der Waals surface area (Å²) in [5, 5.41) is 0.237. The lowest BCUT2D eigenvalue weighted by atomic mass is 9.79. The zero-order valence-electron chi connectivity index (χ0n) is 21.1. The highest BCUT2D eigenvalue weighted by Gasteiger charge is 2.64. The molecule has 2 fully saturated rings. The Morgan fingerprint density at radius 2 is 1.57 bits per heavy atom. The van der Waals surface area contributed by atoms with E-state index in [2.05, 4.69) is 74.3 Å². The second kappa shape index (κ2) is 8.14. The molecule has 30 heavy (non-hydrogen) atoms. The number of epoxide rings is 1. The van der Waals surface area contributed by atoms with Crippen LogP contribution in [-0.4, -0.2) is 53.1 Å². The van der Waals surface area contributed by atoms with E-state index >= 15 is 0 Å². The zero-order valence-corrected chi connectivity index (χ0v) is 23.1. The van der Waals surface area contributed by atoms with Crippen molar-refractivity contribution in [2.75, 3.05) is 6.61 Å². The molecule has 0 N–H and O–H groups in total. The molecule has 7 heteroatoms. The van der Waals surface area contributed by atoms with Crippen LogP contribution in [0.1, 0.15) is 61.3 Å². The molecule has 1 aliphatic heterocycles. The Morgan fingerprint density at radius 3 is 2.03 bits per heavy atom. The monoisotopic (exact) mass is 456 g/mol. The highest BCUT2D eigenvalue weighted by Crippen LogP contribution is 2.54. The summed E-state index contributed by atoms with van der Waals surface area (Å²) in [4.78, 5) is 11.3. The number of carbonyl (C=O) groups excluding carboxylic acids is 1. The van der Waals surface area contributed by atoms with Gasteiger partial charge in [-0.05, 0) is 41.8 Å². The summed E-state index contributed by atoms with van der Waals surface area (Å²) >= 11 is 0. The highest BCUT2D eigenvalue weighted by atomic mass is 28.4. The van der Waals surface area contributed by atoms with E-state index in [1.165, 1.54) is 6.92 Å². The number of rotatable bonds is 6. The van der Waals surface area contributed by atoms with Crippen molar-refractivity contribution in [3.05, 3.63) is 12.2 Å². The molecule has 1 saturated heterocycles. The molecule has 174 valence electrons. The summed E-state index contributed by atoms with van der Waals surface area (Å²) in [6.07, 6.45) is 1.35. The fourth-order valence-corrected chi connectivity index (χ4v) is 6.25. The van der Waals surface area contributed by atoms with Crippen LogP contribution in [0.25, 0.3) is 0 Å². The third-order valence-electron chi connectivity index (χ3n) is 7.70. The van der Waals surface area contributed by atoms with Crippen molar-refractivity contribution in [1.82, 2.24) is 0 Å². The van der Waals surface area contributed by atoms with E-state index in [9.17, 15) is 4.79 Å².